The number of nitrogens with one attached hydrogen (secondary N) is 1. The van der Waals surface area contributed by atoms with Crippen molar-refractivity contribution in [2.45, 2.75) is 103 Å². The number of ether oxygens (including phenoxy) is 1. The number of aromatic nitrogens is 1. The van der Waals surface area contributed by atoms with E-state index in [4.69, 9.17) is 4.74 Å². The number of nitrogens with zero attached hydrogens (tertiary/aromatic N) is 1. The van der Waals surface area contributed by atoms with Gasteiger partial charge in [-0.05, 0) is 86.5 Å². The standard InChI is InChI=1S/C33H46N2O4S/c1-22-26(31(36)34-19-24-10-15-40(37,38)21-24)18-29(35(22)20-23-8-6-5-7-9-23)25-16-27(32(2,3)4)30-28(17-25)33(11-12-33)13-14-39-30/h16-18,23-24H,5-15,19-21H2,1-4H3,(H,34,36). The van der Waals surface area contributed by atoms with Gasteiger partial charge < -0.3 is 14.6 Å². The quantitative estimate of drug-likeness (QED) is 0.444. The average Bonchev–Trinajstić information content (AvgIpc) is 3.48. The molecule has 2 aliphatic heterocycles. The van der Waals surface area contributed by atoms with Crippen molar-refractivity contribution < 1.29 is 17.9 Å². The Morgan fingerprint density at radius 3 is 2.45 bits per heavy atom. The molecule has 3 fully saturated rings. The van der Waals surface area contributed by atoms with E-state index in [1.807, 2.05) is 0 Å². The molecule has 2 aliphatic carbocycles. The summed E-state index contributed by atoms with van der Waals surface area (Å²) in [5, 5.41) is 3.09. The molecule has 1 aromatic carbocycles. The molecule has 218 valence electrons. The highest BCUT2D eigenvalue weighted by Gasteiger charge is 2.49. The summed E-state index contributed by atoms with van der Waals surface area (Å²) in [5.74, 6) is 2.02. The number of sulfone groups is 1. The SMILES string of the molecule is Cc1c(C(=O)NCC2CCS(=O)(=O)C2)cc(-c2cc(C(C)(C)C)c3c(c2)C2(CCO3)CC2)n1CC1CCCCC1. The van der Waals surface area contributed by atoms with E-state index in [2.05, 4.69) is 55.8 Å². The summed E-state index contributed by atoms with van der Waals surface area (Å²) in [6.07, 6.45) is 10.5. The van der Waals surface area contributed by atoms with Crippen molar-refractivity contribution in [3.05, 3.63) is 40.6 Å². The van der Waals surface area contributed by atoms with Crippen LogP contribution in [0, 0.1) is 18.8 Å². The van der Waals surface area contributed by atoms with Gasteiger partial charge in [0, 0.05) is 41.0 Å². The molecule has 0 bridgehead atoms. The van der Waals surface area contributed by atoms with E-state index in [1.54, 1.807) is 0 Å². The minimum atomic E-state index is -2.97. The largest absolute Gasteiger partial charge is 0.493 e. The molecule has 6 rings (SSSR count). The van der Waals surface area contributed by atoms with Gasteiger partial charge in [-0.25, -0.2) is 8.42 Å². The second-order valence-electron chi connectivity index (χ2n) is 14.2. The first-order chi connectivity index (χ1) is 19.0. The van der Waals surface area contributed by atoms with Gasteiger partial charge in [0.05, 0.1) is 23.7 Å². The van der Waals surface area contributed by atoms with Gasteiger partial charge in [0.15, 0.2) is 9.84 Å². The zero-order valence-corrected chi connectivity index (χ0v) is 25.6. The van der Waals surface area contributed by atoms with Crippen molar-refractivity contribution in [3.8, 4) is 17.0 Å². The number of amides is 1. The lowest BCUT2D eigenvalue weighted by molar-refractivity contribution is 0.0947. The first-order valence-electron chi connectivity index (χ1n) is 15.5. The summed E-state index contributed by atoms with van der Waals surface area (Å²) < 4.78 is 32.6. The van der Waals surface area contributed by atoms with Crippen molar-refractivity contribution >= 4 is 15.7 Å². The predicted octanol–water partition coefficient (Wildman–Crippen LogP) is 6.32. The maximum atomic E-state index is 13.6. The Kier molecular flexibility index (Phi) is 7.12. The molecule has 7 heteroatoms. The zero-order chi connectivity index (χ0) is 28.3. The second kappa shape index (κ2) is 10.2. The van der Waals surface area contributed by atoms with Gasteiger partial charge >= 0.3 is 0 Å². The number of hydrogen-bond acceptors (Lipinski definition) is 4. The fourth-order valence-electron chi connectivity index (χ4n) is 7.38. The first kappa shape index (κ1) is 27.9. The van der Waals surface area contributed by atoms with Gasteiger partial charge in [0.1, 0.15) is 5.75 Å². The van der Waals surface area contributed by atoms with Gasteiger partial charge in [0.25, 0.3) is 5.91 Å². The highest BCUT2D eigenvalue weighted by atomic mass is 32.2. The van der Waals surface area contributed by atoms with Crippen LogP contribution in [0.15, 0.2) is 18.2 Å². The number of carbonyl (C=O) groups excluding carboxylic acids is 1. The summed E-state index contributed by atoms with van der Waals surface area (Å²) >= 11 is 0. The van der Waals surface area contributed by atoms with E-state index < -0.39 is 9.84 Å². The van der Waals surface area contributed by atoms with Crippen LogP contribution in [0.2, 0.25) is 0 Å². The summed E-state index contributed by atoms with van der Waals surface area (Å²) in [6, 6.07) is 6.78. The van der Waals surface area contributed by atoms with Crippen LogP contribution < -0.4 is 10.1 Å². The highest BCUT2D eigenvalue weighted by molar-refractivity contribution is 7.91. The lowest BCUT2D eigenvalue weighted by atomic mass is 9.79. The van der Waals surface area contributed by atoms with E-state index in [-0.39, 0.29) is 34.2 Å². The van der Waals surface area contributed by atoms with Crippen LogP contribution in [-0.2, 0) is 27.2 Å². The topological polar surface area (TPSA) is 77.4 Å². The molecule has 1 saturated heterocycles. The highest BCUT2D eigenvalue weighted by Crippen LogP contribution is 2.58. The summed E-state index contributed by atoms with van der Waals surface area (Å²) in [6.45, 7) is 11.0. The summed E-state index contributed by atoms with van der Waals surface area (Å²) in [7, 11) is -2.97. The molecule has 2 saturated carbocycles. The normalized spacial score (nSPS) is 23.6. The molecule has 1 aromatic heterocycles. The molecule has 40 heavy (non-hydrogen) atoms. The van der Waals surface area contributed by atoms with E-state index in [0.717, 1.165) is 36.7 Å². The Morgan fingerprint density at radius 2 is 1.80 bits per heavy atom. The molecule has 4 aliphatic rings. The Bertz CT molecular complexity index is 1390. The van der Waals surface area contributed by atoms with E-state index in [9.17, 15) is 13.2 Å². The molecule has 2 aromatic rings. The van der Waals surface area contributed by atoms with Crippen LogP contribution in [-0.4, -0.2) is 43.5 Å². The number of carbonyl (C=O) groups is 1. The number of benzene rings is 1. The Labute approximate surface area is 240 Å². The van der Waals surface area contributed by atoms with Crippen molar-refractivity contribution in [3.63, 3.8) is 0 Å². The minimum Gasteiger partial charge on any atom is -0.493 e. The Morgan fingerprint density at radius 1 is 1.05 bits per heavy atom. The van der Waals surface area contributed by atoms with Crippen LogP contribution >= 0.6 is 0 Å². The van der Waals surface area contributed by atoms with Gasteiger partial charge in [-0.3, -0.25) is 4.79 Å². The smallest absolute Gasteiger partial charge is 0.253 e. The van der Waals surface area contributed by atoms with E-state index >= 15 is 0 Å². The predicted molar refractivity (Wildman–Crippen MR) is 160 cm³/mol. The van der Waals surface area contributed by atoms with Gasteiger partial charge in [-0.15, -0.1) is 0 Å². The van der Waals surface area contributed by atoms with Gasteiger partial charge in [-0.2, -0.15) is 0 Å². The number of hydrogen-bond donors (Lipinski definition) is 1. The fourth-order valence-corrected chi connectivity index (χ4v) is 9.24. The lowest BCUT2D eigenvalue weighted by Crippen LogP contribution is -2.30. The molecule has 0 radical (unpaired) electrons. The maximum Gasteiger partial charge on any atom is 0.253 e. The lowest BCUT2D eigenvalue weighted by Gasteiger charge is -2.33. The Balaban J connectivity index is 1.39. The molecular formula is C33H46N2O4S. The molecule has 1 unspecified atom stereocenters. The van der Waals surface area contributed by atoms with E-state index in [1.165, 1.54) is 61.6 Å². The number of fused-ring (bicyclic) bond motifs is 2. The monoisotopic (exact) mass is 566 g/mol. The second-order valence-corrected chi connectivity index (χ2v) is 16.4. The van der Waals surface area contributed by atoms with Crippen LogP contribution in [0.5, 0.6) is 5.75 Å². The molecule has 3 heterocycles. The first-order valence-corrected chi connectivity index (χ1v) is 17.3. The average molecular weight is 567 g/mol. The van der Waals surface area contributed by atoms with Crippen molar-refractivity contribution in [1.82, 2.24) is 9.88 Å². The molecule has 1 N–H and O–H groups in total. The third kappa shape index (κ3) is 5.35. The summed E-state index contributed by atoms with van der Waals surface area (Å²) in [5.41, 5.74) is 6.81. The van der Waals surface area contributed by atoms with Crippen LogP contribution in [0.4, 0.5) is 0 Å². The third-order valence-electron chi connectivity index (χ3n) is 10.1. The molecule has 1 spiro atoms. The number of rotatable bonds is 6. The van der Waals surface area contributed by atoms with Crippen LogP contribution in [0.25, 0.3) is 11.3 Å². The van der Waals surface area contributed by atoms with Crippen LogP contribution in [0.1, 0.15) is 106 Å². The third-order valence-corrected chi connectivity index (χ3v) is 11.9. The minimum absolute atomic E-state index is 0.00257. The fraction of sp³-hybridized carbons (Fsp3) is 0.667. The molecular weight excluding hydrogens is 520 g/mol. The molecule has 1 amide bonds. The van der Waals surface area contributed by atoms with Gasteiger partial charge in [0.2, 0.25) is 0 Å². The van der Waals surface area contributed by atoms with Crippen LogP contribution in [0.3, 0.4) is 0 Å². The Hall–Kier alpha value is -2.28. The van der Waals surface area contributed by atoms with Gasteiger partial charge in [-0.1, -0.05) is 40.0 Å². The maximum absolute atomic E-state index is 13.6. The zero-order valence-electron chi connectivity index (χ0n) is 24.8. The van der Waals surface area contributed by atoms with Crippen molar-refractivity contribution in [2.75, 3.05) is 24.7 Å². The summed E-state index contributed by atoms with van der Waals surface area (Å²) in [4.78, 5) is 13.6. The molecule has 6 nitrogen and oxygen atoms in total. The van der Waals surface area contributed by atoms with Crippen molar-refractivity contribution in [1.29, 1.82) is 0 Å². The molecule has 1 atom stereocenters. The van der Waals surface area contributed by atoms with E-state index in [0.29, 0.717) is 24.4 Å². The van der Waals surface area contributed by atoms with Crippen molar-refractivity contribution in [2.24, 2.45) is 11.8 Å².